The molecule has 3 N–H and O–H groups in total. The van der Waals surface area contributed by atoms with Gasteiger partial charge in [-0.15, -0.1) is 0 Å². The second-order valence-electron chi connectivity index (χ2n) is 3.20. The zero-order valence-electron chi connectivity index (χ0n) is 8.16. The summed E-state index contributed by atoms with van der Waals surface area (Å²) < 4.78 is 10.7. The Kier molecular flexibility index (Phi) is 2.73. The molecule has 5 nitrogen and oxygen atoms in total. The van der Waals surface area contributed by atoms with E-state index in [1.165, 1.54) is 0 Å². The van der Waals surface area contributed by atoms with Crippen molar-refractivity contribution in [3.8, 4) is 11.5 Å². The molecule has 0 unspecified atom stereocenters. The number of hydrogen-bond donors (Lipinski definition) is 2. The molecule has 0 aromatic heterocycles. The molecule has 0 spiro atoms. The zero-order chi connectivity index (χ0) is 10.7. The number of nitrogens with two attached hydrogens (primary N) is 1. The van der Waals surface area contributed by atoms with Crippen molar-refractivity contribution >= 4 is 5.91 Å². The quantitative estimate of drug-likeness (QED) is 0.416. The Morgan fingerprint density at radius 1 is 1.60 bits per heavy atom. The third-order valence-electron chi connectivity index (χ3n) is 2.20. The minimum absolute atomic E-state index is 0.101. The van der Waals surface area contributed by atoms with Crippen LogP contribution in [0.4, 0.5) is 0 Å². The summed E-state index contributed by atoms with van der Waals surface area (Å²) >= 11 is 0. The van der Waals surface area contributed by atoms with E-state index in [0.717, 1.165) is 17.7 Å². The van der Waals surface area contributed by atoms with Gasteiger partial charge < -0.3 is 9.47 Å². The molecule has 5 heteroatoms. The first-order valence-corrected chi connectivity index (χ1v) is 4.68. The molecule has 0 atom stereocenters. The lowest BCUT2D eigenvalue weighted by molar-refractivity contribution is -0.123. The van der Waals surface area contributed by atoms with E-state index in [2.05, 4.69) is 0 Å². The normalized spacial score (nSPS) is 12.9. The summed E-state index contributed by atoms with van der Waals surface area (Å²) in [6, 6.07) is 5.63. The SMILES string of the molecule is NNC(=O)COc1cccc2c1OCC2. The number of hydrazine groups is 1. The molecule has 1 amide bonds. The highest BCUT2D eigenvalue weighted by molar-refractivity contribution is 5.76. The monoisotopic (exact) mass is 208 g/mol. The number of rotatable bonds is 3. The third kappa shape index (κ3) is 2.02. The maximum absolute atomic E-state index is 10.9. The first kappa shape index (κ1) is 9.79. The van der Waals surface area contributed by atoms with Gasteiger partial charge in [-0.2, -0.15) is 0 Å². The summed E-state index contributed by atoms with van der Waals surface area (Å²) in [7, 11) is 0. The molecular weight excluding hydrogens is 196 g/mol. The van der Waals surface area contributed by atoms with Gasteiger partial charge in [-0.05, 0) is 6.07 Å². The van der Waals surface area contributed by atoms with E-state index in [-0.39, 0.29) is 12.5 Å². The van der Waals surface area contributed by atoms with Crippen LogP contribution in [0.5, 0.6) is 11.5 Å². The highest BCUT2D eigenvalue weighted by Gasteiger charge is 2.17. The molecule has 2 rings (SSSR count). The topological polar surface area (TPSA) is 73.6 Å². The minimum atomic E-state index is -0.370. The number of fused-ring (bicyclic) bond motifs is 1. The predicted octanol–water partition coefficient (Wildman–Crippen LogP) is -0.00980. The largest absolute Gasteiger partial charge is 0.489 e. The lowest BCUT2D eigenvalue weighted by atomic mass is 10.1. The van der Waals surface area contributed by atoms with Crippen LogP contribution >= 0.6 is 0 Å². The first-order chi connectivity index (χ1) is 7.31. The highest BCUT2D eigenvalue weighted by atomic mass is 16.5. The van der Waals surface area contributed by atoms with Gasteiger partial charge in [0.15, 0.2) is 18.1 Å². The summed E-state index contributed by atoms with van der Waals surface area (Å²) in [5, 5.41) is 0. The van der Waals surface area contributed by atoms with Gasteiger partial charge in [0.05, 0.1) is 6.61 Å². The summed E-state index contributed by atoms with van der Waals surface area (Å²) in [4.78, 5) is 10.9. The van der Waals surface area contributed by atoms with Gasteiger partial charge in [0, 0.05) is 12.0 Å². The predicted molar refractivity (Wildman–Crippen MR) is 53.5 cm³/mol. The van der Waals surface area contributed by atoms with Gasteiger partial charge in [0.2, 0.25) is 0 Å². The van der Waals surface area contributed by atoms with Crippen molar-refractivity contribution in [3.63, 3.8) is 0 Å². The molecule has 0 fully saturated rings. The van der Waals surface area contributed by atoms with Crippen molar-refractivity contribution < 1.29 is 14.3 Å². The van der Waals surface area contributed by atoms with Crippen molar-refractivity contribution in [2.45, 2.75) is 6.42 Å². The Labute approximate surface area is 87.1 Å². The van der Waals surface area contributed by atoms with Gasteiger partial charge in [-0.3, -0.25) is 10.2 Å². The van der Waals surface area contributed by atoms with E-state index < -0.39 is 0 Å². The van der Waals surface area contributed by atoms with Crippen LogP contribution in [0.15, 0.2) is 18.2 Å². The van der Waals surface area contributed by atoms with E-state index in [0.29, 0.717) is 12.4 Å². The summed E-state index contributed by atoms with van der Waals surface area (Å²) in [5.41, 5.74) is 3.11. The maximum atomic E-state index is 10.9. The Bertz CT molecular complexity index is 379. The number of amides is 1. The Hall–Kier alpha value is -1.75. The van der Waals surface area contributed by atoms with Gasteiger partial charge in [0.1, 0.15) is 0 Å². The number of carbonyl (C=O) groups is 1. The minimum Gasteiger partial charge on any atom is -0.489 e. The van der Waals surface area contributed by atoms with Crippen LogP contribution in [0.1, 0.15) is 5.56 Å². The van der Waals surface area contributed by atoms with Crippen molar-refractivity contribution in [1.82, 2.24) is 5.43 Å². The van der Waals surface area contributed by atoms with Crippen molar-refractivity contribution in [2.75, 3.05) is 13.2 Å². The molecule has 1 aliphatic rings. The smallest absolute Gasteiger partial charge is 0.271 e. The molecule has 80 valence electrons. The second kappa shape index (κ2) is 4.18. The molecule has 0 aliphatic carbocycles. The number of nitrogens with one attached hydrogen (secondary N) is 1. The Morgan fingerprint density at radius 3 is 3.27 bits per heavy atom. The van der Waals surface area contributed by atoms with Gasteiger partial charge in [-0.25, -0.2) is 5.84 Å². The fraction of sp³-hybridized carbons (Fsp3) is 0.300. The number of hydrogen-bond acceptors (Lipinski definition) is 4. The van der Waals surface area contributed by atoms with Crippen LogP contribution < -0.4 is 20.7 Å². The van der Waals surface area contributed by atoms with Crippen LogP contribution in [0, 0.1) is 0 Å². The summed E-state index contributed by atoms with van der Waals surface area (Å²) in [6.07, 6.45) is 0.885. The highest BCUT2D eigenvalue weighted by Crippen LogP contribution is 2.35. The number of benzene rings is 1. The van der Waals surface area contributed by atoms with Gasteiger partial charge in [0.25, 0.3) is 5.91 Å². The molecule has 1 heterocycles. The van der Waals surface area contributed by atoms with Crippen LogP contribution in [-0.4, -0.2) is 19.1 Å². The summed E-state index contributed by atoms with van der Waals surface area (Å²) in [6.45, 7) is 0.565. The lowest BCUT2D eigenvalue weighted by Gasteiger charge is -2.08. The molecule has 0 saturated heterocycles. The fourth-order valence-electron chi connectivity index (χ4n) is 1.48. The van der Waals surface area contributed by atoms with Crippen molar-refractivity contribution in [3.05, 3.63) is 23.8 Å². The standard InChI is InChI=1S/C10H12N2O3/c11-12-9(13)6-15-8-3-1-2-7-4-5-14-10(7)8/h1-3H,4-6,11H2,(H,12,13). The average molecular weight is 208 g/mol. The number of para-hydroxylation sites is 1. The molecule has 15 heavy (non-hydrogen) atoms. The zero-order valence-corrected chi connectivity index (χ0v) is 8.16. The molecule has 1 aromatic rings. The average Bonchev–Trinajstić information content (AvgIpc) is 2.74. The fourth-order valence-corrected chi connectivity index (χ4v) is 1.48. The van der Waals surface area contributed by atoms with Crippen LogP contribution in [0.25, 0.3) is 0 Å². The van der Waals surface area contributed by atoms with E-state index in [9.17, 15) is 4.79 Å². The molecule has 1 aromatic carbocycles. The number of ether oxygens (including phenoxy) is 2. The van der Waals surface area contributed by atoms with E-state index in [1.54, 1.807) is 6.07 Å². The second-order valence-corrected chi connectivity index (χ2v) is 3.20. The van der Waals surface area contributed by atoms with Gasteiger partial charge >= 0.3 is 0 Å². The van der Waals surface area contributed by atoms with E-state index in [1.807, 2.05) is 17.6 Å². The Morgan fingerprint density at radius 2 is 2.47 bits per heavy atom. The maximum Gasteiger partial charge on any atom is 0.271 e. The first-order valence-electron chi connectivity index (χ1n) is 4.68. The van der Waals surface area contributed by atoms with Crippen LogP contribution in [-0.2, 0) is 11.2 Å². The molecule has 1 aliphatic heterocycles. The van der Waals surface area contributed by atoms with Crippen molar-refractivity contribution in [2.24, 2.45) is 5.84 Å². The van der Waals surface area contributed by atoms with Crippen LogP contribution in [0.3, 0.4) is 0 Å². The molecule has 0 saturated carbocycles. The third-order valence-corrected chi connectivity index (χ3v) is 2.20. The van der Waals surface area contributed by atoms with E-state index >= 15 is 0 Å². The number of carbonyl (C=O) groups excluding carboxylic acids is 1. The molecule has 0 bridgehead atoms. The lowest BCUT2D eigenvalue weighted by Crippen LogP contribution is -2.34. The van der Waals surface area contributed by atoms with Crippen LogP contribution in [0.2, 0.25) is 0 Å². The van der Waals surface area contributed by atoms with Crippen molar-refractivity contribution in [1.29, 1.82) is 0 Å². The van der Waals surface area contributed by atoms with E-state index in [4.69, 9.17) is 15.3 Å². The summed E-state index contributed by atoms with van der Waals surface area (Å²) in [5.74, 6) is 5.90. The molecular formula is C10H12N2O3. The Balaban J connectivity index is 2.09. The molecule has 0 radical (unpaired) electrons. The van der Waals surface area contributed by atoms with Gasteiger partial charge in [-0.1, -0.05) is 12.1 Å².